The zero-order valence-corrected chi connectivity index (χ0v) is 10.7. The fraction of sp³-hybridized carbons (Fsp3) is 1.00. The van der Waals surface area contributed by atoms with Crippen molar-refractivity contribution in [1.29, 1.82) is 0 Å². The molecule has 2 rings (SSSR count). The van der Waals surface area contributed by atoms with Crippen molar-refractivity contribution in [2.24, 2.45) is 5.92 Å². The fourth-order valence-electron chi connectivity index (χ4n) is 2.98. The summed E-state index contributed by atoms with van der Waals surface area (Å²) in [6.45, 7) is 3.81. The highest BCUT2D eigenvalue weighted by atomic mass is 16.5. The molecular weight excluding hydrogens is 200 g/mol. The van der Waals surface area contributed by atoms with Gasteiger partial charge in [-0.15, -0.1) is 0 Å². The normalized spacial score (nSPS) is 32.6. The van der Waals surface area contributed by atoms with E-state index in [9.17, 15) is 0 Å². The first kappa shape index (κ1) is 12.3. The molecule has 2 aliphatic rings. The summed E-state index contributed by atoms with van der Waals surface area (Å²) in [5.74, 6) is 0.960. The van der Waals surface area contributed by atoms with Gasteiger partial charge in [0.1, 0.15) is 0 Å². The number of methoxy groups -OCH3 is 1. The van der Waals surface area contributed by atoms with Crippen LogP contribution in [0.5, 0.6) is 0 Å². The average Bonchev–Trinajstić information content (AvgIpc) is 2.27. The number of hydrogen-bond acceptors (Lipinski definition) is 3. The minimum Gasteiger partial charge on any atom is -0.381 e. The van der Waals surface area contributed by atoms with Gasteiger partial charge in [0.05, 0.1) is 6.10 Å². The molecule has 1 aliphatic carbocycles. The molecule has 0 aromatic rings. The van der Waals surface area contributed by atoms with Gasteiger partial charge < -0.3 is 15.0 Å². The number of piperidine rings is 1. The van der Waals surface area contributed by atoms with Gasteiger partial charge >= 0.3 is 0 Å². The molecule has 1 saturated carbocycles. The number of nitrogens with one attached hydrogen (secondary N) is 1. The molecule has 3 nitrogen and oxygen atoms in total. The zero-order chi connectivity index (χ0) is 11.4. The van der Waals surface area contributed by atoms with Crippen LogP contribution < -0.4 is 5.32 Å². The average molecular weight is 226 g/mol. The van der Waals surface area contributed by atoms with Crippen LogP contribution in [0.1, 0.15) is 32.1 Å². The number of ether oxygens (including phenoxy) is 1. The van der Waals surface area contributed by atoms with Gasteiger partial charge in [-0.25, -0.2) is 0 Å². The maximum absolute atomic E-state index is 5.35. The van der Waals surface area contributed by atoms with Crippen LogP contribution in [-0.2, 0) is 4.74 Å². The smallest absolute Gasteiger partial charge is 0.0601 e. The number of likely N-dealkylation sites (tertiary alicyclic amines) is 1. The second kappa shape index (κ2) is 5.99. The summed E-state index contributed by atoms with van der Waals surface area (Å²) < 4.78 is 5.35. The Bertz CT molecular complexity index is 196. The fourth-order valence-corrected chi connectivity index (χ4v) is 2.98. The van der Waals surface area contributed by atoms with E-state index in [1.54, 1.807) is 0 Å². The number of hydrogen-bond donors (Lipinski definition) is 1. The molecule has 1 aliphatic heterocycles. The lowest BCUT2D eigenvalue weighted by Gasteiger charge is -2.45. The molecule has 1 N–H and O–H groups in total. The van der Waals surface area contributed by atoms with Crippen LogP contribution >= 0.6 is 0 Å². The largest absolute Gasteiger partial charge is 0.381 e. The van der Waals surface area contributed by atoms with E-state index in [4.69, 9.17) is 4.74 Å². The van der Waals surface area contributed by atoms with Crippen LogP contribution in [0.2, 0.25) is 0 Å². The summed E-state index contributed by atoms with van der Waals surface area (Å²) >= 11 is 0. The monoisotopic (exact) mass is 226 g/mol. The Morgan fingerprint density at radius 2 is 1.94 bits per heavy atom. The Morgan fingerprint density at radius 1 is 1.25 bits per heavy atom. The lowest BCUT2D eigenvalue weighted by atomic mass is 9.84. The molecule has 0 spiro atoms. The molecule has 0 radical (unpaired) electrons. The summed E-state index contributed by atoms with van der Waals surface area (Å²) in [6, 6.07) is 0.829. The summed E-state index contributed by atoms with van der Waals surface area (Å²) in [6.07, 6.45) is 7.23. The topological polar surface area (TPSA) is 24.5 Å². The molecule has 0 bridgehead atoms. The Kier molecular flexibility index (Phi) is 4.62. The van der Waals surface area contributed by atoms with Crippen molar-refractivity contribution in [3.8, 4) is 0 Å². The van der Waals surface area contributed by atoms with Crippen molar-refractivity contribution >= 4 is 0 Å². The van der Waals surface area contributed by atoms with E-state index >= 15 is 0 Å². The molecule has 0 atom stereocenters. The third-order valence-corrected chi connectivity index (χ3v) is 4.37. The predicted molar refractivity (Wildman–Crippen MR) is 66.7 cm³/mol. The van der Waals surface area contributed by atoms with Gasteiger partial charge in [0.25, 0.3) is 0 Å². The van der Waals surface area contributed by atoms with Gasteiger partial charge in [0, 0.05) is 13.2 Å². The summed E-state index contributed by atoms with van der Waals surface area (Å²) in [7, 11) is 3.89. The molecule has 0 amide bonds. The van der Waals surface area contributed by atoms with Gasteiger partial charge in [-0.2, -0.15) is 0 Å². The van der Waals surface area contributed by atoms with E-state index in [1.807, 2.05) is 14.2 Å². The number of rotatable bonds is 5. The van der Waals surface area contributed by atoms with Gasteiger partial charge in [0.2, 0.25) is 0 Å². The quantitative estimate of drug-likeness (QED) is 0.768. The molecule has 0 aromatic carbocycles. The Hall–Kier alpha value is -0.120. The van der Waals surface area contributed by atoms with E-state index in [1.165, 1.54) is 51.7 Å². The van der Waals surface area contributed by atoms with Crippen LogP contribution in [0.3, 0.4) is 0 Å². The minimum absolute atomic E-state index is 0.548. The van der Waals surface area contributed by atoms with Crippen molar-refractivity contribution in [3.05, 3.63) is 0 Å². The highest BCUT2D eigenvalue weighted by Gasteiger charge is 2.35. The van der Waals surface area contributed by atoms with Crippen LogP contribution in [0.25, 0.3) is 0 Å². The molecule has 16 heavy (non-hydrogen) atoms. The van der Waals surface area contributed by atoms with Crippen LogP contribution in [-0.4, -0.2) is 50.8 Å². The molecule has 0 aromatic heterocycles. The molecule has 94 valence electrons. The molecule has 3 heteroatoms. The first-order valence-corrected chi connectivity index (χ1v) is 6.75. The maximum Gasteiger partial charge on any atom is 0.0601 e. The SMILES string of the molecule is CNCCC1CCN(C2CC(OC)C2)CC1. The second-order valence-electron chi connectivity index (χ2n) is 5.35. The van der Waals surface area contributed by atoms with E-state index in [2.05, 4.69) is 10.2 Å². The Labute approximate surface area is 99.5 Å². The van der Waals surface area contributed by atoms with Crippen LogP contribution in [0, 0.1) is 5.92 Å². The minimum atomic E-state index is 0.548. The number of nitrogens with zero attached hydrogens (tertiary/aromatic N) is 1. The first-order valence-electron chi connectivity index (χ1n) is 6.75. The lowest BCUT2D eigenvalue weighted by molar-refractivity contribution is -0.0365. The third kappa shape index (κ3) is 2.96. The molecule has 2 fully saturated rings. The van der Waals surface area contributed by atoms with E-state index < -0.39 is 0 Å². The maximum atomic E-state index is 5.35. The van der Waals surface area contributed by atoms with Gasteiger partial charge in [0.15, 0.2) is 0 Å². The summed E-state index contributed by atoms with van der Waals surface area (Å²) in [5.41, 5.74) is 0. The van der Waals surface area contributed by atoms with E-state index in [0.29, 0.717) is 6.10 Å². The van der Waals surface area contributed by atoms with Gasteiger partial charge in [-0.1, -0.05) is 0 Å². The Morgan fingerprint density at radius 3 is 2.50 bits per heavy atom. The van der Waals surface area contributed by atoms with Crippen LogP contribution in [0.15, 0.2) is 0 Å². The molecule has 1 heterocycles. The first-order chi connectivity index (χ1) is 7.83. The Balaban J connectivity index is 1.62. The standard InChI is InChI=1S/C13H26N2O/c1-14-6-3-11-4-7-15(8-5-11)12-9-13(10-12)16-2/h11-14H,3-10H2,1-2H3. The van der Waals surface area contributed by atoms with Crippen molar-refractivity contribution in [1.82, 2.24) is 10.2 Å². The van der Waals surface area contributed by atoms with Crippen molar-refractivity contribution in [3.63, 3.8) is 0 Å². The van der Waals surface area contributed by atoms with Crippen molar-refractivity contribution in [2.75, 3.05) is 33.8 Å². The summed E-state index contributed by atoms with van der Waals surface area (Å²) in [5, 5.41) is 3.25. The highest BCUT2D eigenvalue weighted by Crippen LogP contribution is 2.31. The second-order valence-corrected chi connectivity index (χ2v) is 5.35. The molecular formula is C13H26N2O. The van der Waals surface area contributed by atoms with E-state index in [0.717, 1.165) is 12.0 Å². The third-order valence-electron chi connectivity index (χ3n) is 4.37. The predicted octanol–water partition coefficient (Wildman–Crippen LogP) is 1.49. The molecule has 1 saturated heterocycles. The van der Waals surface area contributed by atoms with Crippen molar-refractivity contribution < 1.29 is 4.74 Å². The zero-order valence-electron chi connectivity index (χ0n) is 10.7. The van der Waals surface area contributed by atoms with Gasteiger partial charge in [-0.05, 0) is 64.7 Å². The van der Waals surface area contributed by atoms with Gasteiger partial charge in [-0.3, -0.25) is 0 Å². The lowest BCUT2D eigenvalue weighted by Crippen LogP contribution is -2.50. The van der Waals surface area contributed by atoms with E-state index in [-0.39, 0.29) is 0 Å². The molecule has 0 unspecified atom stereocenters. The van der Waals surface area contributed by atoms with Crippen molar-refractivity contribution in [2.45, 2.75) is 44.2 Å². The summed E-state index contributed by atoms with van der Waals surface area (Å²) in [4.78, 5) is 2.69. The van der Waals surface area contributed by atoms with Crippen LogP contribution in [0.4, 0.5) is 0 Å². The highest BCUT2D eigenvalue weighted by molar-refractivity contribution is 4.89.